The fourth-order valence-electron chi connectivity index (χ4n) is 4.52. The number of fused-ring (bicyclic) bond motifs is 1. The minimum atomic E-state index is -0.454. The van der Waals surface area contributed by atoms with E-state index in [4.69, 9.17) is 0 Å². The van der Waals surface area contributed by atoms with Crippen LogP contribution < -0.4 is 0 Å². The maximum atomic E-state index is 12.2. The van der Waals surface area contributed by atoms with Crippen molar-refractivity contribution in [2.75, 3.05) is 26.2 Å². The van der Waals surface area contributed by atoms with E-state index in [1.54, 1.807) is 0 Å². The van der Waals surface area contributed by atoms with Crippen molar-refractivity contribution in [3.8, 4) is 0 Å². The lowest BCUT2D eigenvalue weighted by Gasteiger charge is -2.34. The molecule has 0 spiro atoms. The highest BCUT2D eigenvalue weighted by Crippen LogP contribution is 2.33. The third kappa shape index (κ3) is 5.67. The number of nitrogens with zero attached hydrogens (tertiary/aromatic N) is 2. The summed E-state index contributed by atoms with van der Waals surface area (Å²) >= 11 is 0. The second kappa shape index (κ2) is 10.4. The second-order valence-corrected chi connectivity index (χ2v) is 8.24. The largest absolute Gasteiger partial charge is 0.374 e. The SMILES string of the molecule is Cl.O=C(CCN1CCC(CN2Cc3ccccc3C2O)CC1)Cc1ccccc1. The quantitative estimate of drug-likeness (QED) is 0.747. The summed E-state index contributed by atoms with van der Waals surface area (Å²) in [5.74, 6) is 0.950. The molecule has 1 unspecified atom stereocenters. The summed E-state index contributed by atoms with van der Waals surface area (Å²) in [7, 11) is 0. The molecule has 0 aliphatic carbocycles. The van der Waals surface area contributed by atoms with Crippen LogP contribution in [0.5, 0.6) is 0 Å². The molecule has 2 aromatic carbocycles. The Kier molecular flexibility index (Phi) is 7.84. The van der Waals surface area contributed by atoms with Crippen LogP contribution >= 0.6 is 12.4 Å². The number of carbonyl (C=O) groups excluding carboxylic acids is 1. The molecule has 5 heteroatoms. The molecule has 4 rings (SSSR count). The fraction of sp³-hybridized carbons (Fsp3) is 0.458. The summed E-state index contributed by atoms with van der Waals surface area (Å²) in [5, 5.41) is 10.6. The van der Waals surface area contributed by atoms with Gasteiger partial charge in [0.25, 0.3) is 0 Å². The van der Waals surface area contributed by atoms with Crippen molar-refractivity contribution in [3.63, 3.8) is 0 Å². The summed E-state index contributed by atoms with van der Waals surface area (Å²) < 4.78 is 0. The van der Waals surface area contributed by atoms with Gasteiger partial charge in [-0.2, -0.15) is 0 Å². The number of hydrogen-bond acceptors (Lipinski definition) is 4. The first-order valence-electron chi connectivity index (χ1n) is 10.5. The molecule has 2 heterocycles. The number of rotatable bonds is 7. The van der Waals surface area contributed by atoms with E-state index in [-0.39, 0.29) is 12.4 Å². The van der Waals surface area contributed by atoms with Gasteiger partial charge in [-0.15, -0.1) is 12.4 Å². The first-order valence-corrected chi connectivity index (χ1v) is 10.5. The Morgan fingerprint density at radius 2 is 1.69 bits per heavy atom. The van der Waals surface area contributed by atoms with E-state index in [0.29, 0.717) is 24.5 Å². The van der Waals surface area contributed by atoms with E-state index < -0.39 is 6.23 Å². The topological polar surface area (TPSA) is 43.8 Å². The minimum absolute atomic E-state index is 0. The van der Waals surface area contributed by atoms with Crippen molar-refractivity contribution in [2.24, 2.45) is 5.92 Å². The third-order valence-corrected chi connectivity index (χ3v) is 6.20. The van der Waals surface area contributed by atoms with E-state index in [2.05, 4.69) is 15.9 Å². The summed E-state index contributed by atoms with van der Waals surface area (Å²) in [6, 6.07) is 18.2. The molecule has 1 saturated heterocycles. The van der Waals surface area contributed by atoms with Gasteiger partial charge in [0.1, 0.15) is 12.0 Å². The molecule has 4 nitrogen and oxygen atoms in total. The van der Waals surface area contributed by atoms with Gasteiger partial charge in [-0.25, -0.2) is 0 Å². The zero-order chi connectivity index (χ0) is 19.3. The van der Waals surface area contributed by atoms with Gasteiger partial charge >= 0.3 is 0 Å². The molecule has 156 valence electrons. The number of aliphatic hydroxyl groups excluding tert-OH is 1. The number of Topliss-reactive ketones (excluding diaryl/α,β-unsaturated/α-hetero) is 1. The van der Waals surface area contributed by atoms with Crippen molar-refractivity contribution in [3.05, 3.63) is 71.3 Å². The summed E-state index contributed by atoms with van der Waals surface area (Å²) in [6.45, 7) is 4.79. The number of hydrogen-bond donors (Lipinski definition) is 1. The minimum Gasteiger partial charge on any atom is -0.374 e. The van der Waals surface area contributed by atoms with Gasteiger partial charge in [0.05, 0.1) is 0 Å². The maximum Gasteiger partial charge on any atom is 0.138 e. The standard InChI is InChI=1S/C24H30N2O2.ClH/c27-22(16-19-6-2-1-3-7-19)12-15-25-13-10-20(11-14-25)17-26-18-21-8-4-5-9-23(21)24(26)28;/h1-9,20,24,28H,10-18H2;1H. The monoisotopic (exact) mass is 414 g/mol. The zero-order valence-electron chi connectivity index (χ0n) is 16.9. The Bertz CT molecular complexity index is 790. The van der Waals surface area contributed by atoms with Crippen LogP contribution in [-0.2, 0) is 17.8 Å². The van der Waals surface area contributed by atoms with Crippen LogP contribution in [0, 0.1) is 5.92 Å². The molecule has 2 aromatic rings. The molecule has 1 fully saturated rings. The predicted molar refractivity (Wildman–Crippen MR) is 118 cm³/mol. The van der Waals surface area contributed by atoms with Crippen molar-refractivity contribution < 1.29 is 9.90 Å². The van der Waals surface area contributed by atoms with Gasteiger partial charge in [-0.3, -0.25) is 9.69 Å². The summed E-state index contributed by atoms with van der Waals surface area (Å²) in [6.07, 6.45) is 3.02. The van der Waals surface area contributed by atoms with Gasteiger partial charge in [-0.1, -0.05) is 54.6 Å². The highest BCUT2D eigenvalue weighted by Gasteiger charge is 2.30. The van der Waals surface area contributed by atoms with Crippen LogP contribution in [0.1, 0.15) is 42.2 Å². The van der Waals surface area contributed by atoms with Crippen LogP contribution in [-0.4, -0.2) is 46.9 Å². The predicted octanol–water partition coefficient (Wildman–Crippen LogP) is 3.83. The lowest BCUT2D eigenvalue weighted by atomic mass is 9.95. The summed E-state index contributed by atoms with van der Waals surface area (Å²) in [4.78, 5) is 16.9. The van der Waals surface area contributed by atoms with E-state index in [9.17, 15) is 9.90 Å². The highest BCUT2D eigenvalue weighted by molar-refractivity contribution is 5.85. The second-order valence-electron chi connectivity index (χ2n) is 8.24. The number of aliphatic hydroxyl groups is 1. The normalized spacial score (nSPS) is 20.2. The number of carbonyl (C=O) groups is 1. The van der Waals surface area contributed by atoms with E-state index >= 15 is 0 Å². The average molecular weight is 415 g/mol. The number of likely N-dealkylation sites (tertiary alicyclic amines) is 1. The highest BCUT2D eigenvalue weighted by atomic mass is 35.5. The van der Waals surface area contributed by atoms with Crippen LogP contribution in [0.3, 0.4) is 0 Å². The van der Waals surface area contributed by atoms with Gasteiger partial charge < -0.3 is 10.0 Å². The van der Waals surface area contributed by atoms with Crippen molar-refractivity contribution in [1.29, 1.82) is 0 Å². The smallest absolute Gasteiger partial charge is 0.138 e. The molecule has 29 heavy (non-hydrogen) atoms. The Morgan fingerprint density at radius 1 is 1.00 bits per heavy atom. The molecule has 0 radical (unpaired) electrons. The van der Waals surface area contributed by atoms with Gasteiger partial charge in [0.2, 0.25) is 0 Å². The molecule has 1 N–H and O–H groups in total. The lowest BCUT2D eigenvalue weighted by molar-refractivity contribution is -0.118. The van der Waals surface area contributed by atoms with Crippen LogP contribution in [0.2, 0.25) is 0 Å². The molecule has 2 aliphatic rings. The molecule has 0 amide bonds. The van der Waals surface area contributed by atoms with E-state index in [0.717, 1.165) is 56.7 Å². The average Bonchev–Trinajstić information content (AvgIpc) is 3.04. The molecule has 1 atom stereocenters. The van der Waals surface area contributed by atoms with Crippen molar-refractivity contribution >= 4 is 18.2 Å². The fourth-order valence-corrected chi connectivity index (χ4v) is 4.52. The molecule has 0 aromatic heterocycles. The Labute approximate surface area is 179 Å². The number of halogens is 1. The molecular formula is C24H31ClN2O2. The van der Waals surface area contributed by atoms with E-state index in [1.807, 2.05) is 48.5 Å². The summed E-state index contributed by atoms with van der Waals surface area (Å²) in [5.41, 5.74) is 3.43. The third-order valence-electron chi connectivity index (χ3n) is 6.20. The Balaban J connectivity index is 0.00000240. The maximum absolute atomic E-state index is 12.2. The number of ketones is 1. The zero-order valence-corrected chi connectivity index (χ0v) is 17.7. The lowest BCUT2D eigenvalue weighted by Crippen LogP contribution is -2.39. The molecular weight excluding hydrogens is 384 g/mol. The number of benzene rings is 2. The van der Waals surface area contributed by atoms with Crippen molar-refractivity contribution in [2.45, 2.75) is 38.5 Å². The van der Waals surface area contributed by atoms with Crippen LogP contribution in [0.4, 0.5) is 0 Å². The molecule has 2 aliphatic heterocycles. The van der Waals surface area contributed by atoms with Gasteiger partial charge in [-0.05, 0) is 48.5 Å². The first kappa shape index (κ1) is 22.0. The van der Waals surface area contributed by atoms with E-state index in [1.165, 1.54) is 5.56 Å². The Morgan fingerprint density at radius 3 is 2.41 bits per heavy atom. The number of piperidine rings is 1. The van der Waals surface area contributed by atoms with Gasteiger partial charge in [0.15, 0.2) is 0 Å². The molecule has 0 bridgehead atoms. The first-order chi connectivity index (χ1) is 13.7. The Hall–Kier alpha value is -1.72. The van der Waals surface area contributed by atoms with Crippen molar-refractivity contribution in [1.82, 2.24) is 9.80 Å². The van der Waals surface area contributed by atoms with Gasteiger partial charge in [0, 0.05) is 32.5 Å². The van der Waals surface area contributed by atoms with Crippen LogP contribution in [0.25, 0.3) is 0 Å². The molecule has 0 saturated carbocycles. The van der Waals surface area contributed by atoms with Crippen LogP contribution in [0.15, 0.2) is 54.6 Å².